The zero-order valence-corrected chi connectivity index (χ0v) is 6.72. The minimum atomic E-state index is 1.12. The molecule has 0 spiro atoms. The zero-order valence-electron chi connectivity index (χ0n) is 6.72. The van der Waals surface area contributed by atoms with E-state index in [2.05, 4.69) is 37.9 Å². The van der Waals surface area contributed by atoms with E-state index in [9.17, 15) is 0 Å². The van der Waals surface area contributed by atoms with Crippen LogP contribution in [0.1, 0.15) is 27.2 Å². The van der Waals surface area contributed by atoms with Crippen LogP contribution in [0.4, 0.5) is 0 Å². The SMILES string of the molecule is CCC=CN(CC)CC. The summed E-state index contributed by atoms with van der Waals surface area (Å²) in [5, 5.41) is 0. The summed E-state index contributed by atoms with van der Waals surface area (Å²) in [4.78, 5) is 2.28. The van der Waals surface area contributed by atoms with Crippen molar-refractivity contribution in [2.45, 2.75) is 27.2 Å². The largest absolute Gasteiger partial charge is 0.378 e. The molecule has 0 aromatic heterocycles. The number of hydrogen-bond donors (Lipinski definition) is 0. The predicted molar refractivity (Wildman–Crippen MR) is 42.4 cm³/mol. The van der Waals surface area contributed by atoms with Crippen molar-refractivity contribution in [1.29, 1.82) is 0 Å². The first-order valence-electron chi connectivity index (χ1n) is 3.75. The Morgan fingerprint density at radius 2 is 1.67 bits per heavy atom. The number of allylic oxidation sites excluding steroid dienone is 1. The molecule has 0 radical (unpaired) electrons. The first kappa shape index (κ1) is 8.54. The summed E-state index contributed by atoms with van der Waals surface area (Å²) >= 11 is 0. The summed E-state index contributed by atoms with van der Waals surface area (Å²) in [7, 11) is 0. The number of nitrogens with zero attached hydrogens (tertiary/aromatic N) is 1. The monoisotopic (exact) mass is 127 g/mol. The van der Waals surface area contributed by atoms with E-state index in [1.165, 1.54) is 0 Å². The maximum Gasteiger partial charge on any atom is 0.0143 e. The Hall–Kier alpha value is -0.460. The molecule has 0 rings (SSSR count). The van der Waals surface area contributed by atoms with Crippen molar-refractivity contribution in [3.63, 3.8) is 0 Å². The van der Waals surface area contributed by atoms with E-state index in [0.717, 1.165) is 19.5 Å². The van der Waals surface area contributed by atoms with Crippen molar-refractivity contribution in [3.05, 3.63) is 12.3 Å². The van der Waals surface area contributed by atoms with Gasteiger partial charge in [0.05, 0.1) is 0 Å². The fourth-order valence-electron chi connectivity index (χ4n) is 0.689. The highest BCUT2D eigenvalue weighted by atomic mass is 15.1. The van der Waals surface area contributed by atoms with Gasteiger partial charge in [0.2, 0.25) is 0 Å². The van der Waals surface area contributed by atoms with Crippen molar-refractivity contribution < 1.29 is 0 Å². The normalized spacial score (nSPS) is 10.6. The van der Waals surface area contributed by atoms with E-state index >= 15 is 0 Å². The highest BCUT2D eigenvalue weighted by molar-refractivity contribution is 4.79. The fraction of sp³-hybridized carbons (Fsp3) is 0.750. The summed E-state index contributed by atoms with van der Waals surface area (Å²) in [6.45, 7) is 8.73. The topological polar surface area (TPSA) is 3.24 Å². The van der Waals surface area contributed by atoms with Gasteiger partial charge in [0.15, 0.2) is 0 Å². The first-order valence-corrected chi connectivity index (χ1v) is 3.75. The van der Waals surface area contributed by atoms with Gasteiger partial charge in [0, 0.05) is 13.1 Å². The molecule has 0 bridgehead atoms. The second-order valence-electron chi connectivity index (χ2n) is 2.01. The van der Waals surface area contributed by atoms with Gasteiger partial charge in [-0.3, -0.25) is 0 Å². The standard InChI is InChI=1S/C8H17N/c1-4-7-8-9(5-2)6-3/h7-8H,4-6H2,1-3H3. The minimum absolute atomic E-state index is 1.12. The van der Waals surface area contributed by atoms with Crippen molar-refractivity contribution in [3.8, 4) is 0 Å². The summed E-state index contributed by atoms with van der Waals surface area (Å²) in [5.74, 6) is 0. The van der Waals surface area contributed by atoms with Crippen LogP contribution in [-0.2, 0) is 0 Å². The molecule has 0 unspecified atom stereocenters. The molecule has 1 nitrogen and oxygen atoms in total. The van der Waals surface area contributed by atoms with Crippen LogP contribution < -0.4 is 0 Å². The Morgan fingerprint density at radius 3 is 2.00 bits per heavy atom. The molecule has 0 aliphatic rings. The lowest BCUT2D eigenvalue weighted by atomic mass is 10.4. The summed E-state index contributed by atoms with van der Waals surface area (Å²) < 4.78 is 0. The van der Waals surface area contributed by atoms with E-state index in [0.29, 0.717) is 0 Å². The first-order chi connectivity index (χ1) is 4.35. The van der Waals surface area contributed by atoms with Crippen LogP contribution in [0.3, 0.4) is 0 Å². The molecule has 0 fully saturated rings. The van der Waals surface area contributed by atoms with Crippen LogP contribution in [0, 0.1) is 0 Å². The highest BCUT2D eigenvalue weighted by Crippen LogP contribution is 1.89. The third-order valence-electron chi connectivity index (χ3n) is 1.36. The molecule has 0 heterocycles. The molecule has 54 valence electrons. The summed E-state index contributed by atoms with van der Waals surface area (Å²) in [5.41, 5.74) is 0. The lowest BCUT2D eigenvalue weighted by molar-refractivity contribution is 0.417. The fourth-order valence-corrected chi connectivity index (χ4v) is 0.689. The van der Waals surface area contributed by atoms with Gasteiger partial charge in [-0.25, -0.2) is 0 Å². The Balaban J connectivity index is 3.41. The molecule has 0 aliphatic carbocycles. The molecule has 0 atom stereocenters. The van der Waals surface area contributed by atoms with E-state index in [4.69, 9.17) is 0 Å². The van der Waals surface area contributed by atoms with Gasteiger partial charge in [-0.05, 0) is 26.5 Å². The molecular weight excluding hydrogens is 110 g/mol. The smallest absolute Gasteiger partial charge is 0.0143 e. The lowest BCUT2D eigenvalue weighted by Gasteiger charge is -2.13. The lowest BCUT2D eigenvalue weighted by Crippen LogP contribution is -2.14. The second-order valence-corrected chi connectivity index (χ2v) is 2.01. The van der Waals surface area contributed by atoms with Gasteiger partial charge in [0.25, 0.3) is 0 Å². The highest BCUT2D eigenvalue weighted by Gasteiger charge is 1.85. The summed E-state index contributed by atoms with van der Waals surface area (Å²) in [6.07, 6.45) is 5.49. The van der Waals surface area contributed by atoms with Crippen LogP contribution in [-0.4, -0.2) is 18.0 Å². The average molecular weight is 127 g/mol. The van der Waals surface area contributed by atoms with E-state index in [1.54, 1.807) is 0 Å². The zero-order chi connectivity index (χ0) is 7.11. The quantitative estimate of drug-likeness (QED) is 0.560. The maximum absolute atomic E-state index is 2.28. The van der Waals surface area contributed by atoms with Gasteiger partial charge in [-0.2, -0.15) is 0 Å². The number of hydrogen-bond acceptors (Lipinski definition) is 1. The van der Waals surface area contributed by atoms with Crippen LogP contribution in [0.2, 0.25) is 0 Å². The Labute approximate surface area is 58.4 Å². The van der Waals surface area contributed by atoms with Gasteiger partial charge in [-0.15, -0.1) is 0 Å². The molecule has 1 heteroatoms. The number of rotatable bonds is 4. The van der Waals surface area contributed by atoms with Gasteiger partial charge in [0.1, 0.15) is 0 Å². The van der Waals surface area contributed by atoms with Crippen LogP contribution >= 0.6 is 0 Å². The van der Waals surface area contributed by atoms with Crippen molar-refractivity contribution in [1.82, 2.24) is 4.90 Å². The van der Waals surface area contributed by atoms with Gasteiger partial charge >= 0.3 is 0 Å². The Morgan fingerprint density at radius 1 is 1.11 bits per heavy atom. The van der Waals surface area contributed by atoms with Crippen LogP contribution in [0.5, 0.6) is 0 Å². The molecule has 0 saturated heterocycles. The van der Waals surface area contributed by atoms with Crippen molar-refractivity contribution in [2.24, 2.45) is 0 Å². The Bertz CT molecular complexity index is 72.6. The van der Waals surface area contributed by atoms with E-state index < -0.39 is 0 Å². The van der Waals surface area contributed by atoms with Gasteiger partial charge < -0.3 is 4.90 Å². The molecule has 0 aromatic carbocycles. The third kappa shape index (κ3) is 4.07. The molecule has 0 aromatic rings. The van der Waals surface area contributed by atoms with E-state index in [-0.39, 0.29) is 0 Å². The molecule has 9 heavy (non-hydrogen) atoms. The maximum atomic E-state index is 2.28. The molecule has 0 saturated carbocycles. The third-order valence-corrected chi connectivity index (χ3v) is 1.36. The van der Waals surface area contributed by atoms with Crippen LogP contribution in [0.15, 0.2) is 12.3 Å². The minimum Gasteiger partial charge on any atom is -0.378 e. The van der Waals surface area contributed by atoms with Crippen molar-refractivity contribution in [2.75, 3.05) is 13.1 Å². The van der Waals surface area contributed by atoms with Gasteiger partial charge in [-0.1, -0.05) is 13.0 Å². The molecule has 0 aliphatic heterocycles. The predicted octanol–water partition coefficient (Wildman–Crippen LogP) is 2.25. The summed E-state index contributed by atoms with van der Waals surface area (Å²) in [6, 6.07) is 0. The Kier molecular flexibility index (Phi) is 5.38. The average Bonchev–Trinajstić information content (AvgIpc) is 1.91. The van der Waals surface area contributed by atoms with Crippen LogP contribution in [0.25, 0.3) is 0 Å². The molecule has 0 N–H and O–H groups in total. The molecule has 0 amide bonds. The second kappa shape index (κ2) is 5.67. The molecular formula is C8H17N. The van der Waals surface area contributed by atoms with Crippen molar-refractivity contribution >= 4 is 0 Å². The van der Waals surface area contributed by atoms with E-state index in [1.807, 2.05) is 0 Å².